The van der Waals surface area contributed by atoms with Gasteiger partial charge >= 0.3 is 0 Å². The van der Waals surface area contributed by atoms with Gasteiger partial charge in [0.2, 0.25) is 0 Å². The lowest BCUT2D eigenvalue weighted by Crippen LogP contribution is -1.88. The smallest absolute Gasteiger partial charge is 0.0991 e. The molecule has 2 heteroatoms. The molecule has 72 valence electrons. The summed E-state index contributed by atoms with van der Waals surface area (Å²) < 4.78 is 0. The van der Waals surface area contributed by atoms with Crippen molar-refractivity contribution in [3.8, 4) is 6.07 Å². The number of rotatable bonds is 2. The molecule has 0 atom stereocenters. The Labute approximate surface area is 89.6 Å². The largest absolute Gasteiger partial charge is 0.192 e. The minimum atomic E-state index is 0.513. The predicted molar refractivity (Wildman–Crippen MR) is 60.4 cm³/mol. The first kappa shape index (κ1) is 10.8. The second-order valence-electron chi connectivity index (χ2n) is 3.19. The first-order chi connectivity index (χ1) is 6.69. The molecule has 0 N–H and O–H groups in total. The van der Waals surface area contributed by atoms with Gasteiger partial charge in [-0.1, -0.05) is 12.2 Å². The van der Waals surface area contributed by atoms with Crippen molar-refractivity contribution in [1.82, 2.24) is 0 Å². The van der Waals surface area contributed by atoms with Gasteiger partial charge in [0.05, 0.1) is 11.6 Å². The van der Waals surface area contributed by atoms with E-state index in [2.05, 4.69) is 6.07 Å². The molecular formula is C12H12ClN. The third kappa shape index (κ3) is 2.37. The first-order valence-electron chi connectivity index (χ1n) is 4.43. The lowest BCUT2D eigenvalue weighted by molar-refractivity contribution is 1.33. The zero-order chi connectivity index (χ0) is 10.6. The fourth-order valence-corrected chi connectivity index (χ4v) is 1.55. The Balaban J connectivity index is 3.20. The van der Waals surface area contributed by atoms with Crippen LogP contribution < -0.4 is 0 Å². The lowest BCUT2D eigenvalue weighted by atomic mass is 9.99. The number of halogens is 1. The van der Waals surface area contributed by atoms with Gasteiger partial charge in [-0.2, -0.15) is 5.26 Å². The summed E-state index contributed by atoms with van der Waals surface area (Å²) in [4.78, 5) is 0. The van der Waals surface area contributed by atoms with Crippen LogP contribution in [0.3, 0.4) is 0 Å². The van der Waals surface area contributed by atoms with E-state index in [1.54, 1.807) is 0 Å². The average molecular weight is 206 g/mol. The summed E-state index contributed by atoms with van der Waals surface area (Å²) in [5.74, 6) is 0.513. The van der Waals surface area contributed by atoms with Crippen LogP contribution in [0.15, 0.2) is 18.2 Å². The first-order valence-corrected chi connectivity index (χ1v) is 4.96. The molecule has 0 aliphatic carbocycles. The van der Waals surface area contributed by atoms with Crippen LogP contribution in [0, 0.1) is 25.2 Å². The molecule has 1 aromatic rings. The fourth-order valence-electron chi connectivity index (χ4n) is 1.46. The van der Waals surface area contributed by atoms with Crippen LogP contribution in [-0.2, 0) is 0 Å². The van der Waals surface area contributed by atoms with Gasteiger partial charge in [0, 0.05) is 5.88 Å². The van der Waals surface area contributed by atoms with E-state index < -0.39 is 0 Å². The molecule has 0 aliphatic heterocycles. The number of benzene rings is 1. The molecule has 0 unspecified atom stereocenters. The van der Waals surface area contributed by atoms with E-state index in [0.29, 0.717) is 11.4 Å². The number of nitrogens with zero attached hydrogens (tertiary/aromatic N) is 1. The number of hydrogen-bond acceptors (Lipinski definition) is 1. The van der Waals surface area contributed by atoms with E-state index in [1.807, 2.05) is 38.1 Å². The molecule has 0 amide bonds. The van der Waals surface area contributed by atoms with E-state index >= 15 is 0 Å². The zero-order valence-electron chi connectivity index (χ0n) is 8.34. The lowest BCUT2D eigenvalue weighted by Gasteiger charge is -2.05. The van der Waals surface area contributed by atoms with Crippen LogP contribution in [0.2, 0.25) is 0 Å². The van der Waals surface area contributed by atoms with Crippen LogP contribution in [0.1, 0.15) is 22.3 Å². The van der Waals surface area contributed by atoms with E-state index in [0.717, 1.165) is 16.7 Å². The molecule has 0 saturated heterocycles. The highest BCUT2D eigenvalue weighted by molar-refractivity contribution is 6.19. The van der Waals surface area contributed by atoms with E-state index in [1.165, 1.54) is 0 Å². The predicted octanol–water partition coefficient (Wildman–Crippen LogP) is 3.43. The molecule has 0 aromatic heterocycles. The average Bonchev–Trinajstić information content (AvgIpc) is 2.16. The van der Waals surface area contributed by atoms with Crippen molar-refractivity contribution in [3.63, 3.8) is 0 Å². The van der Waals surface area contributed by atoms with Crippen molar-refractivity contribution >= 4 is 17.7 Å². The van der Waals surface area contributed by atoms with Gasteiger partial charge in [-0.15, -0.1) is 11.6 Å². The Bertz CT molecular complexity index is 376. The summed E-state index contributed by atoms with van der Waals surface area (Å²) in [6.07, 6.45) is 3.90. The molecule has 1 nitrogen and oxygen atoms in total. The molecule has 0 fully saturated rings. The number of alkyl halides is 1. The van der Waals surface area contributed by atoms with E-state index in [-0.39, 0.29) is 0 Å². The van der Waals surface area contributed by atoms with Gasteiger partial charge in [0.15, 0.2) is 0 Å². The molecule has 0 heterocycles. The Morgan fingerprint density at radius 1 is 1.36 bits per heavy atom. The molecule has 14 heavy (non-hydrogen) atoms. The summed E-state index contributed by atoms with van der Waals surface area (Å²) in [6, 6.07) is 5.92. The fraction of sp³-hybridized carbons (Fsp3) is 0.250. The topological polar surface area (TPSA) is 23.8 Å². The minimum absolute atomic E-state index is 0.513. The van der Waals surface area contributed by atoms with Crippen LogP contribution in [0.25, 0.3) is 6.08 Å². The third-order valence-electron chi connectivity index (χ3n) is 2.10. The number of hydrogen-bond donors (Lipinski definition) is 0. The Hall–Kier alpha value is -1.26. The van der Waals surface area contributed by atoms with Crippen LogP contribution in [0.5, 0.6) is 0 Å². The zero-order valence-corrected chi connectivity index (χ0v) is 9.10. The molecule has 0 radical (unpaired) electrons. The Kier molecular flexibility index (Phi) is 3.73. The van der Waals surface area contributed by atoms with Crippen molar-refractivity contribution in [1.29, 1.82) is 5.26 Å². The summed E-state index contributed by atoms with van der Waals surface area (Å²) in [7, 11) is 0. The second kappa shape index (κ2) is 4.83. The molecule has 1 rings (SSSR count). The van der Waals surface area contributed by atoms with Gasteiger partial charge in [0.25, 0.3) is 0 Å². The minimum Gasteiger partial charge on any atom is -0.192 e. The van der Waals surface area contributed by atoms with Crippen LogP contribution in [-0.4, -0.2) is 5.88 Å². The molecule has 0 saturated carbocycles. The monoisotopic (exact) mass is 205 g/mol. The van der Waals surface area contributed by atoms with Crippen LogP contribution >= 0.6 is 11.6 Å². The highest BCUT2D eigenvalue weighted by Crippen LogP contribution is 2.17. The molecule has 0 bridgehead atoms. The van der Waals surface area contributed by atoms with Gasteiger partial charge in [-0.25, -0.2) is 0 Å². The van der Waals surface area contributed by atoms with Gasteiger partial charge in [-0.3, -0.25) is 0 Å². The van der Waals surface area contributed by atoms with Crippen molar-refractivity contribution in [2.24, 2.45) is 0 Å². The van der Waals surface area contributed by atoms with E-state index in [9.17, 15) is 0 Å². The molecule has 1 aromatic carbocycles. The standard InChI is InChI=1S/C12H12ClN/c1-9-6-11(8-14)7-10(2)12(9)4-3-5-13/h3-4,6-7H,5H2,1-2H3. The Morgan fingerprint density at radius 3 is 2.36 bits per heavy atom. The Morgan fingerprint density at radius 2 is 1.93 bits per heavy atom. The maximum Gasteiger partial charge on any atom is 0.0991 e. The summed E-state index contributed by atoms with van der Waals surface area (Å²) in [5.41, 5.74) is 4.10. The second-order valence-corrected chi connectivity index (χ2v) is 3.50. The van der Waals surface area contributed by atoms with Crippen molar-refractivity contribution in [3.05, 3.63) is 40.5 Å². The maximum absolute atomic E-state index is 8.76. The molecular weight excluding hydrogens is 194 g/mol. The van der Waals surface area contributed by atoms with Crippen molar-refractivity contribution in [2.75, 3.05) is 5.88 Å². The number of aryl methyl sites for hydroxylation is 2. The van der Waals surface area contributed by atoms with Crippen molar-refractivity contribution < 1.29 is 0 Å². The maximum atomic E-state index is 8.76. The van der Waals surface area contributed by atoms with Gasteiger partial charge in [-0.05, 0) is 42.7 Å². The van der Waals surface area contributed by atoms with E-state index in [4.69, 9.17) is 16.9 Å². The van der Waals surface area contributed by atoms with Gasteiger partial charge in [0.1, 0.15) is 0 Å². The third-order valence-corrected chi connectivity index (χ3v) is 2.27. The highest BCUT2D eigenvalue weighted by Gasteiger charge is 2.01. The van der Waals surface area contributed by atoms with Gasteiger partial charge < -0.3 is 0 Å². The quantitative estimate of drug-likeness (QED) is 0.679. The summed E-state index contributed by atoms with van der Waals surface area (Å²) in [5, 5.41) is 8.76. The molecule has 0 spiro atoms. The molecule has 0 aliphatic rings. The normalized spacial score (nSPS) is 10.4. The van der Waals surface area contributed by atoms with Crippen LogP contribution in [0.4, 0.5) is 0 Å². The number of nitriles is 1. The summed E-state index contributed by atoms with van der Waals surface area (Å²) >= 11 is 5.58. The highest BCUT2D eigenvalue weighted by atomic mass is 35.5. The summed E-state index contributed by atoms with van der Waals surface area (Å²) in [6.45, 7) is 4.00. The van der Waals surface area contributed by atoms with Crippen molar-refractivity contribution in [2.45, 2.75) is 13.8 Å². The SMILES string of the molecule is Cc1cc(C#N)cc(C)c1C=CCCl. The number of allylic oxidation sites excluding steroid dienone is 1.